The molecule has 8 nitrogen and oxygen atoms in total. The Kier molecular flexibility index (Phi) is 9.67. The van der Waals surface area contributed by atoms with E-state index in [0.29, 0.717) is 11.1 Å². The van der Waals surface area contributed by atoms with E-state index in [9.17, 15) is 19.2 Å². The fraction of sp³-hybridized carbons (Fsp3) is 0.182. The Morgan fingerprint density at radius 1 is 0.462 bits per heavy atom. The maximum atomic E-state index is 14.5. The van der Waals surface area contributed by atoms with Gasteiger partial charge in [0.05, 0.1) is 22.5 Å². The Balaban J connectivity index is 1.49. The standard InChI is InChI=1S/C44H40N2O6/c1-43(2,3)51-41(49)45-37(33-25-21-31(22-26-33)19-17-29-13-9-7-10-14-29)35-36(39(45)47)38(46(40(35)48)42(50)52-44(4,5)6)34-27-23-32(24-28-34)20-18-30-15-11-8-12-16-30/h7-28H,1-6H3/b19-17+,20-18+. The second-order valence-electron chi connectivity index (χ2n) is 14.4. The summed E-state index contributed by atoms with van der Waals surface area (Å²) in [4.78, 5) is 58.4. The fourth-order valence-electron chi connectivity index (χ4n) is 5.83. The molecule has 0 atom stereocenters. The Bertz CT molecular complexity index is 1990. The van der Waals surface area contributed by atoms with Gasteiger partial charge in [0.2, 0.25) is 0 Å². The molecule has 0 saturated heterocycles. The van der Waals surface area contributed by atoms with Crippen LogP contribution in [0.25, 0.3) is 35.7 Å². The lowest BCUT2D eigenvalue weighted by Crippen LogP contribution is -2.40. The number of imide groups is 2. The third kappa shape index (κ3) is 7.71. The molecule has 6 rings (SSSR count). The smallest absolute Gasteiger partial charge is 0.422 e. The summed E-state index contributed by atoms with van der Waals surface area (Å²) < 4.78 is 11.4. The van der Waals surface area contributed by atoms with Crippen molar-refractivity contribution in [3.8, 4) is 0 Å². The molecule has 4 aromatic rings. The lowest BCUT2D eigenvalue weighted by molar-refractivity contribution is -0.123. The number of carbonyl (C=O) groups excluding carboxylic acids is 4. The largest absolute Gasteiger partial charge is 0.443 e. The van der Waals surface area contributed by atoms with Crippen molar-refractivity contribution in [1.29, 1.82) is 0 Å². The zero-order valence-electron chi connectivity index (χ0n) is 30.0. The van der Waals surface area contributed by atoms with Crippen LogP contribution in [0.3, 0.4) is 0 Å². The quantitative estimate of drug-likeness (QED) is 0.187. The predicted octanol–water partition coefficient (Wildman–Crippen LogP) is 9.70. The first kappa shape index (κ1) is 35.5. The van der Waals surface area contributed by atoms with Crippen LogP contribution in [-0.2, 0) is 19.1 Å². The van der Waals surface area contributed by atoms with E-state index in [1.165, 1.54) is 0 Å². The lowest BCUT2D eigenvalue weighted by atomic mass is 10.0. The van der Waals surface area contributed by atoms with Gasteiger partial charge in [0.25, 0.3) is 11.8 Å². The summed E-state index contributed by atoms with van der Waals surface area (Å²) in [5, 5.41) is 0. The number of ether oxygens (including phenoxy) is 2. The summed E-state index contributed by atoms with van der Waals surface area (Å²) in [6, 6.07) is 33.9. The maximum Gasteiger partial charge on any atom is 0.422 e. The van der Waals surface area contributed by atoms with Gasteiger partial charge >= 0.3 is 12.2 Å². The van der Waals surface area contributed by atoms with Crippen molar-refractivity contribution in [2.45, 2.75) is 52.7 Å². The molecule has 0 bridgehead atoms. The van der Waals surface area contributed by atoms with Gasteiger partial charge in [-0.25, -0.2) is 19.4 Å². The summed E-state index contributed by atoms with van der Waals surface area (Å²) in [6.45, 7) is 10.2. The highest BCUT2D eigenvalue weighted by Gasteiger charge is 2.54. The third-order valence-electron chi connectivity index (χ3n) is 8.06. The molecule has 0 spiro atoms. The van der Waals surface area contributed by atoms with Gasteiger partial charge in [0.1, 0.15) is 11.2 Å². The van der Waals surface area contributed by atoms with E-state index in [-0.39, 0.29) is 22.5 Å². The number of hydrogen-bond acceptors (Lipinski definition) is 6. The topological polar surface area (TPSA) is 93.2 Å². The van der Waals surface area contributed by atoms with Crippen LogP contribution in [0.15, 0.2) is 120 Å². The van der Waals surface area contributed by atoms with E-state index >= 15 is 0 Å². The Hall–Kier alpha value is -6.28. The number of fused-ring (bicyclic) bond motifs is 1. The molecule has 4 aromatic carbocycles. The Morgan fingerprint density at radius 2 is 0.750 bits per heavy atom. The number of benzene rings is 4. The van der Waals surface area contributed by atoms with Gasteiger partial charge in [0.15, 0.2) is 0 Å². The average molecular weight is 693 g/mol. The number of amides is 4. The molecule has 0 fully saturated rings. The van der Waals surface area contributed by atoms with Gasteiger partial charge in [-0.1, -0.05) is 133 Å². The molecule has 0 aliphatic carbocycles. The highest BCUT2D eigenvalue weighted by Crippen LogP contribution is 2.47. The van der Waals surface area contributed by atoms with Crippen LogP contribution in [-0.4, -0.2) is 45.0 Å². The molecule has 52 heavy (non-hydrogen) atoms. The number of nitrogens with zero attached hydrogens (tertiary/aromatic N) is 2. The number of rotatable bonds is 6. The zero-order valence-corrected chi connectivity index (χ0v) is 30.0. The van der Waals surface area contributed by atoms with E-state index in [4.69, 9.17) is 9.47 Å². The third-order valence-corrected chi connectivity index (χ3v) is 8.06. The van der Waals surface area contributed by atoms with Crippen molar-refractivity contribution in [2.24, 2.45) is 0 Å². The van der Waals surface area contributed by atoms with Crippen LogP contribution >= 0.6 is 0 Å². The van der Waals surface area contributed by atoms with Gasteiger partial charge in [-0.3, -0.25) is 9.59 Å². The van der Waals surface area contributed by atoms with Crippen LogP contribution in [0.2, 0.25) is 0 Å². The SMILES string of the molecule is CC(C)(C)OC(=O)N1C(=O)C2=C(c3ccc(/C=C/c4ccccc4)cc3)N(C(=O)OC(C)(C)C)C(=O)C2=C1c1ccc(/C=C/c2ccccc2)cc1. The molecule has 0 saturated carbocycles. The van der Waals surface area contributed by atoms with Gasteiger partial charge in [-0.05, 0) is 74.9 Å². The van der Waals surface area contributed by atoms with Gasteiger partial charge in [-0.2, -0.15) is 0 Å². The fourth-order valence-corrected chi connectivity index (χ4v) is 5.83. The highest BCUT2D eigenvalue weighted by molar-refractivity contribution is 6.35. The van der Waals surface area contributed by atoms with Crippen LogP contribution in [0, 0.1) is 0 Å². The van der Waals surface area contributed by atoms with Crippen LogP contribution < -0.4 is 0 Å². The zero-order chi connectivity index (χ0) is 37.2. The lowest BCUT2D eigenvalue weighted by Gasteiger charge is -2.27. The van der Waals surface area contributed by atoms with E-state index < -0.39 is 35.2 Å². The molecule has 2 heterocycles. The second-order valence-corrected chi connectivity index (χ2v) is 14.4. The molecular weight excluding hydrogens is 652 g/mol. The minimum absolute atomic E-state index is 0.0313. The first-order valence-corrected chi connectivity index (χ1v) is 17.0. The normalized spacial score (nSPS) is 15.0. The summed E-state index contributed by atoms with van der Waals surface area (Å²) in [5.74, 6) is -1.57. The van der Waals surface area contributed by atoms with Crippen molar-refractivity contribution < 1.29 is 28.7 Å². The molecule has 2 aliphatic rings. The van der Waals surface area contributed by atoms with Gasteiger partial charge < -0.3 is 9.47 Å². The molecular formula is C44H40N2O6. The first-order valence-electron chi connectivity index (χ1n) is 17.0. The molecule has 0 unspecified atom stereocenters. The Morgan fingerprint density at radius 3 is 1.04 bits per heavy atom. The molecule has 0 N–H and O–H groups in total. The van der Waals surface area contributed by atoms with E-state index in [1.807, 2.05) is 109 Å². The van der Waals surface area contributed by atoms with Crippen molar-refractivity contribution in [3.63, 3.8) is 0 Å². The molecule has 2 aliphatic heterocycles. The number of carbonyl (C=O) groups is 4. The van der Waals surface area contributed by atoms with Crippen LogP contribution in [0.4, 0.5) is 9.59 Å². The van der Waals surface area contributed by atoms with Crippen molar-refractivity contribution in [2.75, 3.05) is 0 Å². The van der Waals surface area contributed by atoms with E-state index in [0.717, 1.165) is 32.1 Å². The monoisotopic (exact) mass is 692 g/mol. The molecule has 0 radical (unpaired) electrons. The molecule has 8 heteroatoms. The summed E-state index contributed by atoms with van der Waals surface area (Å²) in [5.41, 5.74) is 2.61. The summed E-state index contributed by atoms with van der Waals surface area (Å²) in [6.07, 6.45) is 5.95. The van der Waals surface area contributed by atoms with Crippen LogP contribution in [0.1, 0.15) is 74.9 Å². The minimum atomic E-state index is -0.941. The first-order chi connectivity index (χ1) is 24.7. The molecule has 262 valence electrons. The van der Waals surface area contributed by atoms with Gasteiger partial charge in [0, 0.05) is 0 Å². The predicted molar refractivity (Wildman–Crippen MR) is 204 cm³/mol. The molecule has 4 amide bonds. The van der Waals surface area contributed by atoms with Crippen LogP contribution in [0.5, 0.6) is 0 Å². The van der Waals surface area contributed by atoms with Crippen molar-refractivity contribution in [1.82, 2.24) is 9.80 Å². The summed E-state index contributed by atoms with van der Waals surface area (Å²) in [7, 11) is 0. The van der Waals surface area contributed by atoms with Crippen molar-refractivity contribution in [3.05, 3.63) is 154 Å². The average Bonchev–Trinajstić information content (AvgIpc) is 3.57. The van der Waals surface area contributed by atoms with E-state index in [2.05, 4.69) is 0 Å². The Labute approximate surface area is 304 Å². The maximum absolute atomic E-state index is 14.5. The van der Waals surface area contributed by atoms with Crippen molar-refractivity contribution >= 4 is 59.7 Å². The molecule has 0 aromatic heterocycles. The summed E-state index contributed by atoms with van der Waals surface area (Å²) >= 11 is 0. The second kappa shape index (κ2) is 14.2. The van der Waals surface area contributed by atoms with E-state index in [1.54, 1.807) is 65.8 Å². The highest BCUT2D eigenvalue weighted by atomic mass is 16.6. The number of hydrogen-bond donors (Lipinski definition) is 0. The van der Waals surface area contributed by atoms with Gasteiger partial charge in [-0.15, -0.1) is 0 Å². The minimum Gasteiger partial charge on any atom is -0.443 e.